The van der Waals surface area contributed by atoms with Gasteiger partial charge in [-0.1, -0.05) is 0 Å². The number of H-pyrrole nitrogens is 1. The fourth-order valence-corrected chi connectivity index (χ4v) is 3.06. The summed E-state index contributed by atoms with van der Waals surface area (Å²) in [5, 5.41) is 13.2. The van der Waals surface area contributed by atoms with E-state index in [9.17, 15) is 13.5 Å². The Morgan fingerprint density at radius 1 is 1.65 bits per heavy atom. The SMILES string of the molecule is CN(CC1(O)CCNC1)S(=O)(=O)c1cnc[nH]1. The van der Waals surface area contributed by atoms with Gasteiger partial charge < -0.3 is 15.4 Å². The van der Waals surface area contributed by atoms with Crippen molar-refractivity contribution in [3.63, 3.8) is 0 Å². The minimum absolute atomic E-state index is 0.0366. The predicted octanol–water partition coefficient (Wildman–Crippen LogP) is -1.25. The second-order valence-corrected chi connectivity index (χ2v) is 6.34. The second-order valence-electron chi connectivity index (χ2n) is 4.33. The Morgan fingerprint density at radius 2 is 2.41 bits per heavy atom. The minimum atomic E-state index is -3.59. The summed E-state index contributed by atoms with van der Waals surface area (Å²) < 4.78 is 25.2. The predicted molar refractivity (Wildman–Crippen MR) is 60.8 cm³/mol. The molecule has 1 fully saturated rings. The van der Waals surface area contributed by atoms with Gasteiger partial charge in [-0.2, -0.15) is 4.31 Å². The molecule has 8 heteroatoms. The fraction of sp³-hybridized carbons (Fsp3) is 0.667. The molecule has 1 aromatic heterocycles. The van der Waals surface area contributed by atoms with Crippen molar-refractivity contribution in [2.45, 2.75) is 17.0 Å². The Morgan fingerprint density at radius 3 is 2.94 bits per heavy atom. The molecule has 1 unspecified atom stereocenters. The Kier molecular flexibility index (Phi) is 3.21. The first-order valence-corrected chi connectivity index (χ1v) is 6.76. The molecular weight excluding hydrogens is 244 g/mol. The Balaban J connectivity index is 2.12. The number of aromatic nitrogens is 2. The molecular formula is C9H16N4O3S. The van der Waals surface area contributed by atoms with E-state index < -0.39 is 15.6 Å². The van der Waals surface area contributed by atoms with Crippen LogP contribution in [0, 0.1) is 0 Å². The summed E-state index contributed by atoms with van der Waals surface area (Å²) in [6.07, 6.45) is 3.12. The largest absolute Gasteiger partial charge is 0.387 e. The number of hydrogen-bond donors (Lipinski definition) is 3. The van der Waals surface area contributed by atoms with Crippen LogP contribution in [0.25, 0.3) is 0 Å². The van der Waals surface area contributed by atoms with Gasteiger partial charge in [-0.25, -0.2) is 13.4 Å². The summed E-state index contributed by atoms with van der Waals surface area (Å²) in [6, 6.07) is 0. The van der Waals surface area contributed by atoms with Gasteiger partial charge in [0.15, 0.2) is 5.03 Å². The number of hydrogen-bond acceptors (Lipinski definition) is 5. The average molecular weight is 260 g/mol. The number of aliphatic hydroxyl groups is 1. The monoisotopic (exact) mass is 260 g/mol. The third-order valence-electron chi connectivity index (χ3n) is 2.90. The third kappa shape index (κ3) is 2.49. The number of imidazole rings is 1. The zero-order chi connectivity index (χ0) is 12.5. The van der Waals surface area contributed by atoms with Gasteiger partial charge in [0, 0.05) is 20.1 Å². The lowest BCUT2D eigenvalue weighted by Crippen LogP contribution is -2.45. The highest BCUT2D eigenvalue weighted by Crippen LogP contribution is 2.19. The highest BCUT2D eigenvalue weighted by Gasteiger charge is 2.36. The zero-order valence-corrected chi connectivity index (χ0v) is 10.4. The molecule has 0 aromatic carbocycles. The number of likely N-dealkylation sites (N-methyl/N-ethyl adjacent to an activating group) is 1. The van der Waals surface area contributed by atoms with Crippen molar-refractivity contribution in [2.75, 3.05) is 26.7 Å². The van der Waals surface area contributed by atoms with Crippen LogP contribution in [-0.4, -0.2) is 60.1 Å². The van der Waals surface area contributed by atoms with Crippen molar-refractivity contribution >= 4 is 10.0 Å². The van der Waals surface area contributed by atoms with Crippen LogP contribution >= 0.6 is 0 Å². The number of nitrogens with zero attached hydrogens (tertiary/aromatic N) is 2. The van der Waals surface area contributed by atoms with E-state index in [4.69, 9.17) is 0 Å². The number of β-amino-alcohol motifs (C(OH)–C–C–N with tert-alkyl or cyclic N) is 1. The lowest BCUT2D eigenvalue weighted by molar-refractivity contribution is 0.0462. The topological polar surface area (TPSA) is 98.3 Å². The average Bonchev–Trinajstić information content (AvgIpc) is 2.88. The molecule has 1 aliphatic rings. The van der Waals surface area contributed by atoms with Gasteiger partial charge in [0.2, 0.25) is 0 Å². The second kappa shape index (κ2) is 4.37. The fourth-order valence-electron chi connectivity index (χ4n) is 1.92. The van der Waals surface area contributed by atoms with Crippen LogP contribution in [0.2, 0.25) is 0 Å². The first-order chi connectivity index (χ1) is 7.94. The van der Waals surface area contributed by atoms with Crippen molar-refractivity contribution in [1.82, 2.24) is 19.6 Å². The van der Waals surface area contributed by atoms with Gasteiger partial charge in [0.25, 0.3) is 10.0 Å². The standard InChI is InChI=1S/C9H16N4O3S/c1-13(6-9(14)2-3-10-5-9)17(15,16)8-4-11-7-12-8/h4,7,10,14H,2-3,5-6H2,1H3,(H,11,12). The van der Waals surface area contributed by atoms with Crippen molar-refractivity contribution in [3.05, 3.63) is 12.5 Å². The summed E-state index contributed by atoms with van der Waals surface area (Å²) in [7, 11) is -2.14. The summed E-state index contributed by atoms with van der Waals surface area (Å²) in [6.45, 7) is 1.19. The lowest BCUT2D eigenvalue weighted by Gasteiger charge is -2.26. The van der Waals surface area contributed by atoms with E-state index in [1.54, 1.807) is 0 Å². The Hall–Kier alpha value is -0.960. The van der Waals surface area contributed by atoms with E-state index in [1.165, 1.54) is 19.6 Å². The van der Waals surface area contributed by atoms with E-state index in [1.807, 2.05) is 0 Å². The third-order valence-corrected chi connectivity index (χ3v) is 4.63. The molecule has 0 amide bonds. The molecule has 0 bridgehead atoms. The minimum Gasteiger partial charge on any atom is -0.387 e. The van der Waals surface area contributed by atoms with Gasteiger partial charge in [-0.05, 0) is 13.0 Å². The van der Waals surface area contributed by atoms with Crippen LogP contribution in [0.15, 0.2) is 17.6 Å². The molecule has 1 aliphatic heterocycles. The summed E-state index contributed by atoms with van der Waals surface area (Å²) >= 11 is 0. The molecule has 0 spiro atoms. The molecule has 1 atom stereocenters. The normalized spacial score (nSPS) is 25.6. The maximum atomic E-state index is 12.0. The molecule has 17 heavy (non-hydrogen) atoms. The van der Waals surface area contributed by atoms with Gasteiger partial charge in [-0.15, -0.1) is 0 Å². The highest BCUT2D eigenvalue weighted by molar-refractivity contribution is 7.89. The van der Waals surface area contributed by atoms with Crippen LogP contribution in [0.3, 0.4) is 0 Å². The number of rotatable bonds is 4. The first kappa shape index (κ1) is 12.5. The Labute approximate surface area is 99.9 Å². The Bertz CT molecular complexity index is 464. The van der Waals surface area contributed by atoms with Crippen molar-refractivity contribution in [3.8, 4) is 0 Å². The van der Waals surface area contributed by atoms with Crippen LogP contribution < -0.4 is 5.32 Å². The van der Waals surface area contributed by atoms with Crippen LogP contribution in [0.4, 0.5) is 0 Å². The van der Waals surface area contributed by atoms with E-state index in [0.29, 0.717) is 19.5 Å². The number of nitrogens with one attached hydrogen (secondary N) is 2. The molecule has 3 N–H and O–H groups in total. The molecule has 0 saturated carbocycles. The van der Waals surface area contributed by atoms with Crippen LogP contribution in [0.5, 0.6) is 0 Å². The maximum absolute atomic E-state index is 12.0. The summed E-state index contributed by atoms with van der Waals surface area (Å²) in [5.74, 6) is 0. The lowest BCUT2D eigenvalue weighted by atomic mass is 10.0. The molecule has 2 rings (SSSR count). The molecule has 96 valence electrons. The van der Waals surface area contributed by atoms with Crippen LogP contribution in [-0.2, 0) is 10.0 Å². The highest BCUT2D eigenvalue weighted by atomic mass is 32.2. The smallest absolute Gasteiger partial charge is 0.259 e. The maximum Gasteiger partial charge on any atom is 0.259 e. The van der Waals surface area contributed by atoms with Gasteiger partial charge in [0.05, 0.1) is 18.1 Å². The van der Waals surface area contributed by atoms with E-state index >= 15 is 0 Å². The first-order valence-electron chi connectivity index (χ1n) is 5.32. The van der Waals surface area contributed by atoms with Gasteiger partial charge >= 0.3 is 0 Å². The summed E-state index contributed by atoms with van der Waals surface area (Å²) in [4.78, 5) is 6.24. The molecule has 0 aliphatic carbocycles. The molecule has 1 aromatic rings. The van der Waals surface area contributed by atoms with Crippen molar-refractivity contribution in [2.24, 2.45) is 0 Å². The van der Waals surface area contributed by atoms with E-state index in [2.05, 4.69) is 15.3 Å². The molecule has 1 saturated heterocycles. The van der Waals surface area contributed by atoms with Gasteiger partial charge in [-0.3, -0.25) is 0 Å². The molecule has 7 nitrogen and oxygen atoms in total. The number of aromatic amines is 1. The van der Waals surface area contributed by atoms with E-state index in [0.717, 1.165) is 4.31 Å². The van der Waals surface area contributed by atoms with Crippen molar-refractivity contribution in [1.29, 1.82) is 0 Å². The zero-order valence-electron chi connectivity index (χ0n) is 9.55. The molecule has 2 heterocycles. The van der Waals surface area contributed by atoms with Crippen molar-refractivity contribution < 1.29 is 13.5 Å². The summed E-state index contributed by atoms with van der Waals surface area (Å²) in [5.41, 5.74) is -0.984. The molecule has 0 radical (unpaired) electrons. The van der Waals surface area contributed by atoms with Gasteiger partial charge in [0.1, 0.15) is 0 Å². The number of sulfonamides is 1. The van der Waals surface area contributed by atoms with Crippen LogP contribution in [0.1, 0.15) is 6.42 Å². The quantitative estimate of drug-likeness (QED) is 0.628. The van der Waals surface area contributed by atoms with E-state index in [-0.39, 0.29) is 11.6 Å².